The van der Waals surface area contributed by atoms with Crippen LogP contribution in [0.3, 0.4) is 0 Å². The third kappa shape index (κ3) is 10.1. The average Bonchev–Trinajstić information content (AvgIpc) is 2.96. The number of likely N-dealkylation sites (tertiary alicyclic amines) is 1. The van der Waals surface area contributed by atoms with E-state index in [1.165, 1.54) is 58.2 Å². The van der Waals surface area contributed by atoms with E-state index in [0.717, 1.165) is 45.4 Å². The maximum absolute atomic E-state index is 5.41. The Hall–Kier alpha value is -0.120. The molecule has 0 saturated carbocycles. The third-order valence-corrected chi connectivity index (χ3v) is 5.88. The summed E-state index contributed by atoms with van der Waals surface area (Å²) in [4.78, 5) is 9.62. The van der Waals surface area contributed by atoms with Crippen molar-refractivity contribution >= 4 is 29.9 Å². The van der Waals surface area contributed by atoms with E-state index in [1.54, 1.807) is 0 Å². The van der Waals surface area contributed by atoms with Gasteiger partial charge in [-0.3, -0.25) is 14.8 Å². The molecule has 0 radical (unpaired) electrons. The molecular weight excluding hydrogens is 465 g/mol. The van der Waals surface area contributed by atoms with E-state index in [-0.39, 0.29) is 24.0 Å². The van der Waals surface area contributed by atoms with Crippen LogP contribution in [0.1, 0.15) is 52.4 Å². The standard InChI is InChI=1S/C21H43N5O.HI/c1-19(2)20(26-12-7-4-5-8-13-26)18-24-21(22-3)23-10-6-9-11-25-14-16-27-17-15-25;/h19-20H,4-18H2,1-3H3,(H2,22,23,24);1H. The van der Waals surface area contributed by atoms with Gasteiger partial charge >= 0.3 is 0 Å². The molecule has 7 heteroatoms. The first-order chi connectivity index (χ1) is 13.2. The highest BCUT2D eigenvalue weighted by Crippen LogP contribution is 2.17. The van der Waals surface area contributed by atoms with Crippen LogP contribution in [-0.2, 0) is 4.74 Å². The van der Waals surface area contributed by atoms with Crippen LogP contribution < -0.4 is 10.6 Å². The predicted octanol–water partition coefficient (Wildman–Crippen LogP) is 2.78. The molecule has 0 amide bonds. The number of halogens is 1. The van der Waals surface area contributed by atoms with Crippen molar-refractivity contribution < 1.29 is 4.74 Å². The van der Waals surface area contributed by atoms with E-state index < -0.39 is 0 Å². The number of guanidine groups is 1. The Kier molecular flexibility index (Phi) is 14.5. The maximum Gasteiger partial charge on any atom is 0.191 e. The van der Waals surface area contributed by atoms with E-state index >= 15 is 0 Å². The highest BCUT2D eigenvalue weighted by Gasteiger charge is 2.22. The topological polar surface area (TPSA) is 52.1 Å². The quantitative estimate of drug-likeness (QED) is 0.217. The summed E-state index contributed by atoms with van der Waals surface area (Å²) in [6.07, 6.45) is 7.88. The fraction of sp³-hybridized carbons (Fsp3) is 0.952. The Balaban J connectivity index is 0.00000392. The van der Waals surface area contributed by atoms with Crippen molar-refractivity contribution in [2.45, 2.75) is 58.4 Å². The molecule has 6 nitrogen and oxygen atoms in total. The first-order valence-electron chi connectivity index (χ1n) is 11.2. The first-order valence-corrected chi connectivity index (χ1v) is 11.2. The van der Waals surface area contributed by atoms with Crippen molar-refractivity contribution in [3.63, 3.8) is 0 Å². The molecule has 0 aliphatic carbocycles. The fourth-order valence-electron chi connectivity index (χ4n) is 4.13. The smallest absolute Gasteiger partial charge is 0.191 e. The molecule has 1 unspecified atom stereocenters. The molecule has 2 N–H and O–H groups in total. The predicted molar refractivity (Wildman–Crippen MR) is 130 cm³/mol. The van der Waals surface area contributed by atoms with E-state index in [4.69, 9.17) is 4.74 Å². The molecule has 2 saturated heterocycles. The Labute approximate surface area is 190 Å². The van der Waals surface area contributed by atoms with E-state index in [2.05, 4.69) is 39.3 Å². The summed E-state index contributed by atoms with van der Waals surface area (Å²) < 4.78 is 5.41. The van der Waals surface area contributed by atoms with Crippen molar-refractivity contribution in [3.05, 3.63) is 0 Å². The molecule has 0 aromatic heterocycles. The zero-order valence-electron chi connectivity index (χ0n) is 18.4. The molecule has 166 valence electrons. The zero-order valence-corrected chi connectivity index (χ0v) is 20.7. The van der Waals surface area contributed by atoms with Crippen LogP contribution in [0.25, 0.3) is 0 Å². The molecule has 1 atom stereocenters. The van der Waals surface area contributed by atoms with Gasteiger partial charge in [0.15, 0.2) is 5.96 Å². The second-order valence-corrected chi connectivity index (χ2v) is 8.30. The number of nitrogens with zero attached hydrogens (tertiary/aromatic N) is 3. The van der Waals surface area contributed by atoms with Crippen LogP contribution in [0.5, 0.6) is 0 Å². The van der Waals surface area contributed by atoms with Gasteiger partial charge in [-0.15, -0.1) is 24.0 Å². The number of hydrogen-bond donors (Lipinski definition) is 2. The lowest BCUT2D eigenvalue weighted by Crippen LogP contribution is -2.49. The lowest BCUT2D eigenvalue weighted by Gasteiger charge is -2.34. The van der Waals surface area contributed by atoms with Crippen molar-refractivity contribution in [3.8, 4) is 0 Å². The number of aliphatic imine (C=N–C) groups is 1. The molecule has 0 aromatic rings. The van der Waals surface area contributed by atoms with Crippen LogP contribution in [-0.4, -0.2) is 87.9 Å². The van der Waals surface area contributed by atoms with Gasteiger partial charge in [0.2, 0.25) is 0 Å². The van der Waals surface area contributed by atoms with Gasteiger partial charge in [0.05, 0.1) is 13.2 Å². The highest BCUT2D eigenvalue weighted by atomic mass is 127. The number of ether oxygens (including phenoxy) is 1. The van der Waals surface area contributed by atoms with E-state index in [9.17, 15) is 0 Å². The molecule has 0 bridgehead atoms. The highest BCUT2D eigenvalue weighted by molar-refractivity contribution is 14.0. The minimum atomic E-state index is 0. The second-order valence-electron chi connectivity index (χ2n) is 8.30. The molecule has 0 aromatic carbocycles. The maximum atomic E-state index is 5.41. The van der Waals surface area contributed by atoms with Crippen LogP contribution in [0, 0.1) is 5.92 Å². The SMILES string of the molecule is CN=C(NCCCCN1CCOCC1)NCC(C(C)C)N1CCCCCC1.I. The number of rotatable bonds is 9. The van der Waals surface area contributed by atoms with Gasteiger partial charge in [-0.1, -0.05) is 26.7 Å². The first kappa shape index (κ1) is 25.9. The largest absolute Gasteiger partial charge is 0.379 e. The minimum Gasteiger partial charge on any atom is -0.379 e. The van der Waals surface area contributed by atoms with Gasteiger partial charge in [0.25, 0.3) is 0 Å². The van der Waals surface area contributed by atoms with Gasteiger partial charge in [0, 0.05) is 39.3 Å². The second kappa shape index (κ2) is 15.7. The summed E-state index contributed by atoms with van der Waals surface area (Å²) in [5.74, 6) is 1.60. The van der Waals surface area contributed by atoms with Gasteiger partial charge in [-0.05, 0) is 51.2 Å². The molecule has 28 heavy (non-hydrogen) atoms. The van der Waals surface area contributed by atoms with Crippen molar-refractivity contribution in [1.82, 2.24) is 20.4 Å². The van der Waals surface area contributed by atoms with E-state index in [0.29, 0.717) is 12.0 Å². The summed E-state index contributed by atoms with van der Waals surface area (Å²) in [6, 6.07) is 0.586. The number of nitrogens with one attached hydrogen (secondary N) is 2. The minimum absolute atomic E-state index is 0. The van der Waals surface area contributed by atoms with Crippen LogP contribution in [0.2, 0.25) is 0 Å². The monoisotopic (exact) mass is 509 g/mol. The summed E-state index contributed by atoms with van der Waals surface area (Å²) in [5.41, 5.74) is 0. The Morgan fingerprint density at radius 1 is 0.964 bits per heavy atom. The number of morpholine rings is 1. The molecule has 2 fully saturated rings. The normalized spacial score (nSPS) is 21.1. The number of unbranched alkanes of at least 4 members (excludes halogenated alkanes) is 1. The summed E-state index contributed by atoms with van der Waals surface area (Å²) in [5, 5.41) is 7.07. The summed E-state index contributed by atoms with van der Waals surface area (Å²) >= 11 is 0. The van der Waals surface area contributed by atoms with Crippen molar-refractivity contribution in [2.75, 3.05) is 66.1 Å². The average molecular weight is 510 g/mol. The molecule has 2 aliphatic rings. The Morgan fingerprint density at radius 3 is 2.25 bits per heavy atom. The van der Waals surface area contributed by atoms with Gasteiger partial charge in [-0.2, -0.15) is 0 Å². The fourth-order valence-corrected chi connectivity index (χ4v) is 4.13. The Bertz CT molecular complexity index is 408. The van der Waals surface area contributed by atoms with Crippen LogP contribution in [0.4, 0.5) is 0 Å². The van der Waals surface area contributed by atoms with Crippen molar-refractivity contribution in [2.24, 2.45) is 10.9 Å². The third-order valence-electron chi connectivity index (χ3n) is 5.88. The lowest BCUT2D eigenvalue weighted by atomic mass is 10.0. The molecule has 2 rings (SSSR count). The van der Waals surface area contributed by atoms with Crippen molar-refractivity contribution in [1.29, 1.82) is 0 Å². The number of hydrogen-bond acceptors (Lipinski definition) is 4. The molecule has 0 spiro atoms. The van der Waals surface area contributed by atoms with Crippen LogP contribution >= 0.6 is 24.0 Å². The van der Waals surface area contributed by atoms with Gasteiger partial charge in [0.1, 0.15) is 0 Å². The summed E-state index contributed by atoms with van der Waals surface area (Å²) in [6.45, 7) is 14.3. The molecule has 2 heterocycles. The molecule has 2 aliphatic heterocycles. The van der Waals surface area contributed by atoms with Gasteiger partial charge in [-0.25, -0.2) is 0 Å². The zero-order chi connectivity index (χ0) is 19.3. The Morgan fingerprint density at radius 2 is 1.64 bits per heavy atom. The van der Waals surface area contributed by atoms with Gasteiger partial charge < -0.3 is 15.4 Å². The summed E-state index contributed by atoms with van der Waals surface area (Å²) in [7, 11) is 1.87. The lowest BCUT2D eigenvalue weighted by molar-refractivity contribution is 0.0372. The van der Waals surface area contributed by atoms with E-state index in [1.807, 2.05) is 7.05 Å². The molecular formula is C21H44IN5O. The van der Waals surface area contributed by atoms with Crippen LogP contribution in [0.15, 0.2) is 4.99 Å².